The first-order chi connectivity index (χ1) is 26.2. The minimum absolute atomic E-state index is 0.379. The maximum atomic E-state index is 15.4. The van der Waals surface area contributed by atoms with Crippen LogP contribution in [-0.4, -0.2) is 6.15 Å². The minimum atomic E-state index is -7.22. The molecule has 306 valence electrons. The Morgan fingerprint density at radius 1 is 0.351 bits per heavy atom. The highest BCUT2D eigenvalue weighted by atomic mass is 19.4. The van der Waals surface area contributed by atoms with Gasteiger partial charge in [0.2, 0.25) is 0 Å². The second-order valence-corrected chi connectivity index (χ2v) is 11.2. The van der Waals surface area contributed by atoms with Crippen LogP contribution >= 0.6 is 0 Å². The van der Waals surface area contributed by atoms with Gasteiger partial charge in [0.25, 0.3) is 0 Å². The molecule has 0 aliphatic rings. The zero-order valence-corrected chi connectivity index (χ0v) is 26.5. The fourth-order valence-corrected chi connectivity index (χ4v) is 5.78. The third-order valence-corrected chi connectivity index (χ3v) is 8.25. The maximum absolute atomic E-state index is 15.4. The first-order valence-electron chi connectivity index (χ1n) is 14.4. The molecular weight excluding hydrogens is 846 g/mol. The molecule has 0 amide bonds. The van der Waals surface area contributed by atoms with Crippen LogP contribution < -0.4 is 27.6 Å². The molecule has 0 bridgehead atoms. The van der Waals surface area contributed by atoms with Crippen LogP contribution in [0.25, 0.3) is 0 Å². The summed E-state index contributed by atoms with van der Waals surface area (Å²) in [4.78, 5) is 0. The van der Waals surface area contributed by atoms with Gasteiger partial charge in [0.15, 0.2) is 69.8 Å². The number of rotatable bonds is 5. The molecule has 0 aromatic heterocycles. The molecule has 25 heteroatoms. The Balaban J connectivity index is 0.000000512. The maximum Gasteiger partial charge on any atom is 0.416 e. The summed E-state index contributed by atoms with van der Waals surface area (Å²) >= 11 is 0. The SMILES string of the molecule is Fc1c(F)c(F)c([B-](c2c(F)c(F)c(F)c(F)c2F)(c2c(F)c(F)c(F)c(F)c2F)c2c(F)c(F)c(F)c(F)c2F)c(F)c1F.[NH3+]Cc1cccc(C(F)(F)F)c1. The van der Waals surface area contributed by atoms with E-state index >= 15 is 35.1 Å². The molecule has 0 spiro atoms. The van der Waals surface area contributed by atoms with E-state index in [1.807, 2.05) is 0 Å². The Kier molecular flexibility index (Phi) is 12.0. The molecule has 5 rings (SSSR count). The molecule has 0 aliphatic heterocycles. The third kappa shape index (κ3) is 6.77. The first kappa shape index (κ1) is 44.2. The summed E-state index contributed by atoms with van der Waals surface area (Å²) < 4.78 is 330. The zero-order chi connectivity index (χ0) is 43.5. The number of alkyl halides is 3. The molecule has 0 heterocycles. The van der Waals surface area contributed by atoms with E-state index in [1.165, 1.54) is 6.07 Å². The molecule has 0 aliphatic carbocycles. The summed E-state index contributed by atoms with van der Waals surface area (Å²) in [5.41, 5.74) is -10.8. The van der Waals surface area contributed by atoms with Crippen LogP contribution in [0, 0.1) is 116 Å². The summed E-state index contributed by atoms with van der Waals surface area (Å²) in [5.74, 6) is -71.4. The summed E-state index contributed by atoms with van der Waals surface area (Å²) in [6, 6.07) is 5.19. The lowest BCUT2D eigenvalue weighted by Gasteiger charge is -2.44. The molecule has 0 saturated carbocycles. The van der Waals surface area contributed by atoms with Gasteiger partial charge in [-0.3, -0.25) is 0 Å². The second-order valence-electron chi connectivity index (χ2n) is 11.2. The highest BCUT2D eigenvalue weighted by Gasteiger charge is 2.52. The summed E-state index contributed by atoms with van der Waals surface area (Å²) in [5, 5.41) is 0. The van der Waals surface area contributed by atoms with E-state index in [4.69, 9.17) is 0 Å². The van der Waals surface area contributed by atoms with Crippen LogP contribution in [-0.2, 0) is 12.7 Å². The van der Waals surface area contributed by atoms with E-state index in [0.29, 0.717) is 12.1 Å². The average molecular weight is 855 g/mol. The quantitative estimate of drug-likeness (QED) is 0.0834. The van der Waals surface area contributed by atoms with Crippen molar-refractivity contribution in [2.75, 3.05) is 0 Å². The third-order valence-electron chi connectivity index (χ3n) is 8.25. The van der Waals surface area contributed by atoms with Crippen LogP contribution in [0.1, 0.15) is 11.1 Å². The molecule has 1 nitrogen and oxygen atoms in total. The second kappa shape index (κ2) is 15.5. The lowest BCUT2D eigenvalue weighted by atomic mass is 9.12. The monoisotopic (exact) mass is 855 g/mol. The van der Waals surface area contributed by atoms with Crippen molar-refractivity contribution in [2.24, 2.45) is 0 Å². The van der Waals surface area contributed by atoms with Gasteiger partial charge in [0.1, 0.15) is 52.7 Å². The highest BCUT2D eigenvalue weighted by molar-refractivity contribution is 7.20. The Hall–Kier alpha value is -5.49. The number of hydrogen-bond donors (Lipinski definition) is 1. The van der Waals surface area contributed by atoms with Crippen LogP contribution in [0.15, 0.2) is 24.3 Å². The summed E-state index contributed by atoms with van der Waals surface area (Å²) in [6.45, 7) is 0.379. The van der Waals surface area contributed by atoms with Gasteiger partial charge in [0, 0.05) is 5.56 Å². The van der Waals surface area contributed by atoms with Crippen molar-refractivity contribution in [1.82, 2.24) is 0 Å². The molecule has 0 radical (unpaired) electrons. The van der Waals surface area contributed by atoms with E-state index < -0.39 is 156 Å². The molecular formula is C32H9BF23N. The molecule has 57 heavy (non-hydrogen) atoms. The molecule has 0 fully saturated rings. The molecule has 0 atom stereocenters. The Morgan fingerprint density at radius 2 is 0.561 bits per heavy atom. The normalized spacial score (nSPS) is 11.9. The van der Waals surface area contributed by atoms with Gasteiger partial charge in [0.05, 0.1) is 12.1 Å². The van der Waals surface area contributed by atoms with E-state index in [1.54, 1.807) is 6.07 Å². The van der Waals surface area contributed by atoms with Crippen LogP contribution in [0.3, 0.4) is 0 Å². The van der Waals surface area contributed by atoms with E-state index in [9.17, 15) is 65.9 Å². The van der Waals surface area contributed by atoms with Crippen molar-refractivity contribution in [3.8, 4) is 0 Å². The highest BCUT2D eigenvalue weighted by Crippen LogP contribution is 2.31. The van der Waals surface area contributed by atoms with Crippen molar-refractivity contribution in [1.29, 1.82) is 0 Å². The number of quaternary nitrogens is 1. The Morgan fingerprint density at radius 3 is 0.754 bits per heavy atom. The van der Waals surface area contributed by atoms with Gasteiger partial charge < -0.3 is 5.73 Å². The zero-order valence-electron chi connectivity index (χ0n) is 26.5. The molecule has 5 aromatic carbocycles. The first-order valence-corrected chi connectivity index (χ1v) is 14.4. The smallest absolute Gasteiger partial charge is 0.354 e. The Bertz CT molecular complexity index is 2060. The van der Waals surface area contributed by atoms with Crippen LogP contribution in [0.4, 0.5) is 101 Å². The lowest BCUT2D eigenvalue weighted by molar-refractivity contribution is -0.386. The summed E-state index contributed by atoms with van der Waals surface area (Å²) in [7, 11) is 0. The summed E-state index contributed by atoms with van der Waals surface area (Å²) in [6.07, 6.45) is -11.5. The largest absolute Gasteiger partial charge is 0.416 e. The van der Waals surface area contributed by atoms with Crippen molar-refractivity contribution in [3.63, 3.8) is 0 Å². The van der Waals surface area contributed by atoms with Gasteiger partial charge in [-0.1, -0.05) is 12.1 Å². The lowest BCUT2D eigenvalue weighted by Crippen LogP contribution is -2.81. The number of halogens is 23. The van der Waals surface area contributed by atoms with E-state index in [-0.39, 0.29) is 0 Å². The van der Waals surface area contributed by atoms with Crippen molar-refractivity contribution in [2.45, 2.75) is 12.7 Å². The van der Waals surface area contributed by atoms with Crippen molar-refractivity contribution < 1.29 is 107 Å². The van der Waals surface area contributed by atoms with Gasteiger partial charge in [-0.2, -0.15) is 13.2 Å². The van der Waals surface area contributed by atoms with Gasteiger partial charge in [-0.25, -0.2) is 87.8 Å². The van der Waals surface area contributed by atoms with Gasteiger partial charge in [-0.15, -0.1) is 21.9 Å². The minimum Gasteiger partial charge on any atom is -0.354 e. The van der Waals surface area contributed by atoms with E-state index in [0.717, 1.165) is 12.1 Å². The van der Waals surface area contributed by atoms with Gasteiger partial charge in [-0.05, 0) is 12.1 Å². The fourth-order valence-electron chi connectivity index (χ4n) is 5.78. The van der Waals surface area contributed by atoms with Crippen LogP contribution in [0.5, 0.6) is 0 Å². The number of hydrogen-bond acceptors (Lipinski definition) is 0. The van der Waals surface area contributed by atoms with E-state index in [2.05, 4.69) is 5.73 Å². The van der Waals surface area contributed by atoms with Crippen molar-refractivity contribution in [3.05, 3.63) is 152 Å². The molecule has 0 unspecified atom stereocenters. The van der Waals surface area contributed by atoms with Crippen molar-refractivity contribution >= 4 is 28.0 Å². The fraction of sp³-hybridized carbons (Fsp3) is 0.0625. The molecule has 3 N–H and O–H groups in total. The topological polar surface area (TPSA) is 27.6 Å². The number of benzene rings is 5. The molecule has 5 aromatic rings. The predicted molar refractivity (Wildman–Crippen MR) is 147 cm³/mol. The van der Waals surface area contributed by atoms with Crippen LogP contribution in [0.2, 0.25) is 0 Å². The predicted octanol–water partition coefficient (Wildman–Crippen LogP) is 7.29. The molecule has 0 saturated heterocycles. The standard InChI is InChI=1S/C24BF20.C8H8F3N/c26-5-1(6(27)14(35)21(42)13(5)34)25(2-7(28)15(36)22(43)16(37)8(2)29,3-9(30)17(38)23(44)18(39)10(3)31)4-11(32)19(40)24(45)20(41)12(4)33;9-8(10,11)7-3-1-2-6(4-7)5-12/h;1-4H,5,12H2/q-1;/p+1. The Labute approximate surface area is 299 Å². The average Bonchev–Trinajstić information content (AvgIpc) is 3.17. The van der Waals surface area contributed by atoms with Gasteiger partial charge >= 0.3 is 6.18 Å².